The molecular formula is C27H29NO6S. The Morgan fingerprint density at radius 3 is 2.43 bits per heavy atom. The van der Waals surface area contributed by atoms with Gasteiger partial charge in [-0.1, -0.05) is 18.2 Å². The van der Waals surface area contributed by atoms with E-state index in [-0.39, 0.29) is 23.8 Å². The van der Waals surface area contributed by atoms with Gasteiger partial charge in [-0.05, 0) is 98.7 Å². The zero-order valence-electron chi connectivity index (χ0n) is 20.1. The largest absolute Gasteiger partial charge is 0.487 e. The van der Waals surface area contributed by atoms with Crippen molar-refractivity contribution in [2.24, 2.45) is 0 Å². The Kier molecular flexibility index (Phi) is 6.76. The number of aryl methyl sites for hydroxylation is 4. The SMILES string of the molecule is C=C(C)CN(c1cc2c(cc1OCc1ccc(C(=O)O)cc1C)CCC2)S(=O)(=O)c1ccc(C)o1. The summed E-state index contributed by atoms with van der Waals surface area (Å²) in [6.45, 7) is 9.47. The van der Waals surface area contributed by atoms with Gasteiger partial charge < -0.3 is 14.3 Å². The highest BCUT2D eigenvalue weighted by molar-refractivity contribution is 7.92. The van der Waals surface area contributed by atoms with Crippen LogP contribution in [0.5, 0.6) is 5.75 Å². The van der Waals surface area contributed by atoms with Crippen LogP contribution in [0.3, 0.4) is 0 Å². The Morgan fingerprint density at radius 2 is 1.83 bits per heavy atom. The Morgan fingerprint density at radius 1 is 1.11 bits per heavy atom. The van der Waals surface area contributed by atoms with Gasteiger partial charge in [0.1, 0.15) is 18.1 Å². The molecule has 0 amide bonds. The molecule has 1 heterocycles. The molecule has 1 aromatic heterocycles. The van der Waals surface area contributed by atoms with Gasteiger partial charge in [0.25, 0.3) is 10.0 Å². The van der Waals surface area contributed by atoms with Crippen LogP contribution in [0, 0.1) is 13.8 Å². The van der Waals surface area contributed by atoms with E-state index in [1.807, 2.05) is 19.1 Å². The molecule has 1 aliphatic carbocycles. The van der Waals surface area contributed by atoms with Crippen LogP contribution in [0.25, 0.3) is 0 Å². The fraction of sp³-hybridized carbons (Fsp3) is 0.296. The van der Waals surface area contributed by atoms with Crippen LogP contribution in [0.2, 0.25) is 0 Å². The van der Waals surface area contributed by atoms with Crippen LogP contribution < -0.4 is 9.04 Å². The van der Waals surface area contributed by atoms with Crippen LogP contribution in [-0.4, -0.2) is 26.0 Å². The second kappa shape index (κ2) is 9.62. The molecule has 4 rings (SSSR count). The van der Waals surface area contributed by atoms with E-state index in [4.69, 9.17) is 9.15 Å². The molecule has 35 heavy (non-hydrogen) atoms. The van der Waals surface area contributed by atoms with Gasteiger partial charge in [0.05, 0.1) is 17.8 Å². The standard InChI is InChI=1S/C27H29NO6S/c1-17(2)15-28(35(31,32)26-11-8-19(4)34-26)24-13-20-6-5-7-21(20)14-25(24)33-16-23-10-9-22(27(29)30)12-18(23)3/h8-14H,1,5-7,15-16H2,2-4H3,(H,29,30). The normalized spacial score (nSPS) is 12.9. The first-order chi connectivity index (χ1) is 16.6. The molecule has 8 heteroatoms. The zero-order chi connectivity index (χ0) is 25.3. The number of anilines is 1. The van der Waals surface area contributed by atoms with Gasteiger partial charge in [-0.25, -0.2) is 4.79 Å². The Labute approximate surface area is 205 Å². The number of fused-ring (bicyclic) bond motifs is 1. The van der Waals surface area contributed by atoms with Crippen LogP contribution in [0.1, 0.15) is 51.7 Å². The molecule has 0 radical (unpaired) electrons. The molecule has 3 aromatic rings. The Hall–Kier alpha value is -3.52. The topological polar surface area (TPSA) is 97.0 Å². The summed E-state index contributed by atoms with van der Waals surface area (Å²) in [5.74, 6) is -0.0414. The van der Waals surface area contributed by atoms with Crippen molar-refractivity contribution in [1.29, 1.82) is 0 Å². The summed E-state index contributed by atoms with van der Waals surface area (Å²) in [4.78, 5) is 11.3. The van der Waals surface area contributed by atoms with Crippen molar-refractivity contribution < 1.29 is 27.5 Å². The van der Waals surface area contributed by atoms with Crippen molar-refractivity contribution >= 4 is 21.7 Å². The van der Waals surface area contributed by atoms with E-state index in [9.17, 15) is 18.3 Å². The van der Waals surface area contributed by atoms with Crippen molar-refractivity contribution in [1.82, 2.24) is 0 Å². The van der Waals surface area contributed by atoms with Crippen molar-refractivity contribution in [3.05, 3.63) is 88.2 Å². The molecule has 0 saturated carbocycles. The Balaban J connectivity index is 1.76. The fourth-order valence-electron chi connectivity index (χ4n) is 4.25. The highest BCUT2D eigenvalue weighted by Crippen LogP contribution is 2.39. The van der Waals surface area contributed by atoms with Crippen LogP contribution in [-0.2, 0) is 29.5 Å². The molecule has 1 aliphatic rings. The van der Waals surface area contributed by atoms with Gasteiger partial charge >= 0.3 is 5.97 Å². The summed E-state index contributed by atoms with van der Waals surface area (Å²) < 4.78 is 40.3. The molecule has 0 saturated heterocycles. The maximum Gasteiger partial charge on any atom is 0.335 e. The predicted octanol–water partition coefficient (Wildman–Crippen LogP) is 5.43. The number of hydrogen-bond acceptors (Lipinski definition) is 5. The van der Waals surface area contributed by atoms with Gasteiger partial charge in [0.15, 0.2) is 0 Å². The van der Waals surface area contributed by atoms with Gasteiger partial charge in [0.2, 0.25) is 5.09 Å². The molecule has 0 atom stereocenters. The Bertz CT molecular complexity index is 1400. The lowest BCUT2D eigenvalue weighted by Crippen LogP contribution is -2.32. The molecule has 2 aromatic carbocycles. The number of furan rings is 1. The van der Waals surface area contributed by atoms with Crippen molar-refractivity contribution in [2.75, 3.05) is 10.8 Å². The highest BCUT2D eigenvalue weighted by Gasteiger charge is 2.31. The fourth-order valence-corrected chi connectivity index (χ4v) is 5.74. The average Bonchev–Trinajstić information content (AvgIpc) is 3.44. The number of rotatable bonds is 9. The quantitative estimate of drug-likeness (QED) is 0.398. The number of sulfonamides is 1. The second-order valence-corrected chi connectivity index (χ2v) is 10.8. The third-order valence-electron chi connectivity index (χ3n) is 6.09. The number of ether oxygens (including phenoxy) is 1. The van der Waals surface area contributed by atoms with Crippen molar-refractivity contribution in [3.8, 4) is 5.75 Å². The minimum absolute atomic E-state index is 0.0730. The molecule has 7 nitrogen and oxygen atoms in total. The van der Waals surface area contributed by atoms with Gasteiger partial charge in [0, 0.05) is 0 Å². The lowest BCUT2D eigenvalue weighted by atomic mass is 10.1. The number of benzene rings is 2. The molecular weight excluding hydrogens is 466 g/mol. The maximum atomic E-state index is 13.6. The summed E-state index contributed by atoms with van der Waals surface area (Å²) in [5.41, 5.74) is 5.15. The summed E-state index contributed by atoms with van der Waals surface area (Å²) >= 11 is 0. The molecule has 0 unspecified atom stereocenters. The number of carboxylic acid groups (broad SMARTS) is 1. The minimum Gasteiger partial charge on any atom is -0.487 e. The number of nitrogens with zero attached hydrogens (tertiary/aromatic N) is 1. The van der Waals surface area contributed by atoms with E-state index in [1.165, 1.54) is 16.4 Å². The number of carboxylic acids is 1. The number of carbonyl (C=O) groups is 1. The monoisotopic (exact) mass is 495 g/mol. The first-order valence-electron chi connectivity index (χ1n) is 11.4. The van der Waals surface area contributed by atoms with Crippen molar-refractivity contribution in [2.45, 2.75) is 51.7 Å². The van der Waals surface area contributed by atoms with E-state index < -0.39 is 16.0 Å². The third kappa shape index (κ3) is 5.12. The lowest BCUT2D eigenvalue weighted by molar-refractivity contribution is 0.0696. The maximum absolute atomic E-state index is 13.6. The third-order valence-corrected chi connectivity index (χ3v) is 7.72. The van der Waals surface area contributed by atoms with Crippen molar-refractivity contribution in [3.63, 3.8) is 0 Å². The van der Waals surface area contributed by atoms with Crippen LogP contribution in [0.15, 0.2) is 64.1 Å². The molecule has 184 valence electrons. The van der Waals surface area contributed by atoms with Crippen LogP contribution in [0.4, 0.5) is 5.69 Å². The first kappa shape index (κ1) is 24.6. The summed E-state index contributed by atoms with van der Waals surface area (Å²) in [6.07, 6.45) is 2.78. The van der Waals surface area contributed by atoms with Gasteiger partial charge in [-0.2, -0.15) is 8.42 Å². The van der Waals surface area contributed by atoms with E-state index in [0.29, 0.717) is 22.8 Å². The summed E-state index contributed by atoms with van der Waals surface area (Å²) in [7, 11) is -4.01. The first-order valence-corrected chi connectivity index (χ1v) is 12.8. The molecule has 1 N–H and O–H groups in total. The predicted molar refractivity (Wildman–Crippen MR) is 134 cm³/mol. The minimum atomic E-state index is -4.01. The molecule has 0 aliphatic heterocycles. The van der Waals surface area contributed by atoms with Gasteiger partial charge in [-0.15, -0.1) is 0 Å². The van der Waals surface area contributed by atoms with E-state index in [2.05, 4.69) is 6.58 Å². The van der Waals surface area contributed by atoms with E-state index >= 15 is 0 Å². The summed E-state index contributed by atoms with van der Waals surface area (Å²) in [5, 5.41) is 9.09. The number of hydrogen-bond donors (Lipinski definition) is 1. The smallest absolute Gasteiger partial charge is 0.335 e. The zero-order valence-corrected chi connectivity index (χ0v) is 20.9. The van der Waals surface area contributed by atoms with Crippen LogP contribution >= 0.6 is 0 Å². The molecule has 0 spiro atoms. The second-order valence-electron chi connectivity index (χ2n) is 9.01. The average molecular weight is 496 g/mol. The highest BCUT2D eigenvalue weighted by atomic mass is 32.2. The van der Waals surface area contributed by atoms with E-state index in [1.54, 1.807) is 32.0 Å². The molecule has 0 bridgehead atoms. The summed E-state index contributed by atoms with van der Waals surface area (Å²) in [6, 6.07) is 11.8. The molecule has 0 fully saturated rings. The lowest BCUT2D eigenvalue weighted by Gasteiger charge is -2.26. The van der Waals surface area contributed by atoms with Gasteiger partial charge in [-0.3, -0.25) is 4.31 Å². The number of aromatic carboxylic acids is 1. The van der Waals surface area contributed by atoms with E-state index in [0.717, 1.165) is 41.5 Å².